The molecule has 0 aliphatic carbocycles. The molecule has 0 fully saturated rings. The Balaban J connectivity index is 1.28. The summed E-state index contributed by atoms with van der Waals surface area (Å²) in [5.74, 6) is -1.54. The van der Waals surface area contributed by atoms with Gasteiger partial charge in [0, 0.05) is 18.2 Å². The molecule has 0 unspecified atom stereocenters. The average Bonchev–Trinajstić information content (AvgIpc) is 3.46. The highest BCUT2D eigenvalue weighted by Crippen LogP contribution is 2.30. The van der Waals surface area contributed by atoms with Crippen LogP contribution in [0.25, 0.3) is 11.4 Å². The monoisotopic (exact) mass is 496 g/mol. The SMILES string of the molecule is CC(=O)Nc1ccc(N2C(=O)c3ccc(C(=O)OCc4nc(-c5ccc(C)cc5)no4)cc3C2=O)cc1. The van der Waals surface area contributed by atoms with Crippen molar-refractivity contribution >= 4 is 35.1 Å². The summed E-state index contributed by atoms with van der Waals surface area (Å²) in [6, 6.07) is 18.0. The molecule has 0 saturated carbocycles. The van der Waals surface area contributed by atoms with Crippen LogP contribution in [-0.4, -0.2) is 33.8 Å². The van der Waals surface area contributed by atoms with Crippen LogP contribution >= 0.6 is 0 Å². The topological polar surface area (TPSA) is 132 Å². The number of nitrogens with one attached hydrogen (secondary N) is 1. The van der Waals surface area contributed by atoms with Gasteiger partial charge in [-0.2, -0.15) is 4.98 Å². The molecule has 5 rings (SSSR count). The largest absolute Gasteiger partial charge is 0.452 e. The van der Waals surface area contributed by atoms with Gasteiger partial charge in [0.25, 0.3) is 17.7 Å². The highest BCUT2D eigenvalue weighted by molar-refractivity contribution is 6.34. The number of fused-ring (bicyclic) bond motifs is 1. The summed E-state index contributed by atoms with van der Waals surface area (Å²) < 4.78 is 10.4. The van der Waals surface area contributed by atoms with Crippen LogP contribution in [0.3, 0.4) is 0 Å². The number of nitrogens with zero attached hydrogens (tertiary/aromatic N) is 3. The van der Waals surface area contributed by atoms with Crippen LogP contribution in [0.2, 0.25) is 0 Å². The van der Waals surface area contributed by atoms with E-state index >= 15 is 0 Å². The van der Waals surface area contributed by atoms with Crippen LogP contribution < -0.4 is 10.2 Å². The summed E-state index contributed by atoms with van der Waals surface area (Å²) in [6.07, 6.45) is 0. The van der Waals surface area contributed by atoms with Gasteiger partial charge in [0.15, 0.2) is 6.61 Å². The van der Waals surface area contributed by atoms with Crippen LogP contribution in [0.15, 0.2) is 71.3 Å². The number of carbonyl (C=O) groups is 4. The van der Waals surface area contributed by atoms with E-state index in [1.54, 1.807) is 24.3 Å². The van der Waals surface area contributed by atoms with Gasteiger partial charge in [0.2, 0.25) is 11.7 Å². The number of amides is 3. The zero-order valence-corrected chi connectivity index (χ0v) is 19.8. The molecule has 1 aliphatic rings. The molecule has 10 heteroatoms. The van der Waals surface area contributed by atoms with Crippen molar-refractivity contribution in [2.75, 3.05) is 10.2 Å². The summed E-state index contributed by atoms with van der Waals surface area (Å²) >= 11 is 0. The van der Waals surface area contributed by atoms with E-state index in [1.165, 1.54) is 25.1 Å². The predicted molar refractivity (Wildman–Crippen MR) is 132 cm³/mol. The second kappa shape index (κ2) is 9.50. The van der Waals surface area contributed by atoms with E-state index in [1.807, 2.05) is 31.2 Å². The highest BCUT2D eigenvalue weighted by Gasteiger charge is 2.37. The predicted octanol–water partition coefficient (Wildman–Crippen LogP) is 4.16. The molecule has 37 heavy (non-hydrogen) atoms. The van der Waals surface area contributed by atoms with E-state index in [0.29, 0.717) is 17.2 Å². The van der Waals surface area contributed by atoms with Crippen molar-refractivity contribution in [3.8, 4) is 11.4 Å². The van der Waals surface area contributed by atoms with Gasteiger partial charge in [0.1, 0.15) is 0 Å². The fourth-order valence-electron chi connectivity index (χ4n) is 3.84. The van der Waals surface area contributed by atoms with Gasteiger partial charge in [-0.15, -0.1) is 0 Å². The summed E-state index contributed by atoms with van der Waals surface area (Å²) in [7, 11) is 0. The number of hydrogen-bond acceptors (Lipinski definition) is 8. The molecule has 0 radical (unpaired) electrons. The molecular weight excluding hydrogens is 476 g/mol. The van der Waals surface area contributed by atoms with E-state index in [4.69, 9.17) is 9.26 Å². The molecule has 0 bridgehead atoms. The second-order valence-electron chi connectivity index (χ2n) is 8.39. The number of esters is 1. The lowest BCUT2D eigenvalue weighted by molar-refractivity contribution is -0.114. The Morgan fingerprint density at radius 3 is 2.35 bits per heavy atom. The number of anilines is 2. The minimum absolute atomic E-state index is 0.0878. The number of rotatable bonds is 6. The number of hydrogen-bond donors (Lipinski definition) is 1. The standard InChI is InChI=1S/C27H20N4O6/c1-15-3-5-17(6-4-15)24-29-23(37-30-24)14-36-27(35)18-7-12-21-22(13-18)26(34)31(25(21)33)20-10-8-19(9-11-20)28-16(2)32/h3-13H,14H2,1-2H3,(H,28,32). The quantitative estimate of drug-likeness (QED) is 0.311. The minimum atomic E-state index is -0.712. The van der Waals surface area contributed by atoms with Gasteiger partial charge in [-0.3, -0.25) is 14.4 Å². The Morgan fingerprint density at radius 2 is 1.65 bits per heavy atom. The fourth-order valence-corrected chi connectivity index (χ4v) is 3.84. The molecule has 3 aromatic carbocycles. The Kier molecular flexibility index (Phi) is 6.06. The van der Waals surface area contributed by atoms with Gasteiger partial charge < -0.3 is 14.6 Å². The second-order valence-corrected chi connectivity index (χ2v) is 8.39. The third-order valence-electron chi connectivity index (χ3n) is 5.67. The first-order valence-corrected chi connectivity index (χ1v) is 11.3. The lowest BCUT2D eigenvalue weighted by Crippen LogP contribution is -2.29. The lowest BCUT2D eigenvalue weighted by Gasteiger charge is -2.14. The zero-order chi connectivity index (χ0) is 26.1. The maximum atomic E-state index is 13.0. The number of imide groups is 1. The van der Waals surface area contributed by atoms with Crippen LogP contribution in [0, 0.1) is 6.92 Å². The number of benzene rings is 3. The number of ether oxygens (including phenoxy) is 1. The number of carbonyl (C=O) groups excluding carboxylic acids is 4. The number of aromatic nitrogens is 2. The van der Waals surface area contributed by atoms with Gasteiger partial charge in [0.05, 0.1) is 22.4 Å². The molecule has 3 amide bonds. The number of aryl methyl sites for hydroxylation is 1. The molecule has 0 atom stereocenters. The van der Waals surface area contributed by atoms with Crippen LogP contribution in [-0.2, 0) is 16.1 Å². The smallest absolute Gasteiger partial charge is 0.338 e. The van der Waals surface area contributed by atoms with E-state index in [0.717, 1.165) is 16.0 Å². The third kappa shape index (κ3) is 4.72. The first-order chi connectivity index (χ1) is 17.8. The zero-order valence-electron chi connectivity index (χ0n) is 19.8. The van der Waals surface area contributed by atoms with Gasteiger partial charge in [-0.1, -0.05) is 35.0 Å². The Labute approximate surface area is 210 Å². The van der Waals surface area contributed by atoms with Gasteiger partial charge in [-0.05, 0) is 49.4 Å². The normalized spacial score (nSPS) is 12.4. The van der Waals surface area contributed by atoms with Crippen LogP contribution in [0.4, 0.5) is 11.4 Å². The Bertz CT molecular complexity index is 1540. The van der Waals surface area contributed by atoms with Crippen molar-refractivity contribution in [3.05, 3.63) is 94.9 Å². The summed E-state index contributed by atoms with van der Waals surface area (Å²) in [5.41, 5.74) is 3.09. The maximum absolute atomic E-state index is 13.0. The molecule has 1 aliphatic heterocycles. The van der Waals surface area contributed by atoms with Crippen molar-refractivity contribution in [2.24, 2.45) is 0 Å². The lowest BCUT2D eigenvalue weighted by atomic mass is 10.1. The highest BCUT2D eigenvalue weighted by atomic mass is 16.6. The van der Waals surface area contributed by atoms with E-state index in [9.17, 15) is 19.2 Å². The summed E-state index contributed by atoms with van der Waals surface area (Å²) in [5, 5.41) is 6.53. The van der Waals surface area contributed by atoms with E-state index in [2.05, 4.69) is 15.5 Å². The molecule has 4 aromatic rings. The Morgan fingerprint density at radius 1 is 0.946 bits per heavy atom. The van der Waals surface area contributed by atoms with E-state index < -0.39 is 17.8 Å². The summed E-state index contributed by atoms with van der Waals surface area (Å²) in [6.45, 7) is 3.09. The first-order valence-electron chi connectivity index (χ1n) is 11.3. The molecule has 0 saturated heterocycles. The Hall–Kier alpha value is -5.12. The van der Waals surface area contributed by atoms with E-state index in [-0.39, 0.29) is 35.1 Å². The molecule has 10 nitrogen and oxygen atoms in total. The van der Waals surface area contributed by atoms with Crippen molar-refractivity contribution in [2.45, 2.75) is 20.5 Å². The van der Waals surface area contributed by atoms with Crippen molar-refractivity contribution in [1.82, 2.24) is 10.1 Å². The van der Waals surface area contributed by atoms with Crippen LogP contribution in [0.1, 0.15) is 49.5 Å². The average molecular weight is 496 g/mol. The molecular formula is C27H20N4O6. The molecule has 1 aromatic heterocycles. The third-order valence-corrected chi connectivity index (χ3v) is 5.67. The first kappa shape index (κ1) is 23.6. The van der Waals surface area contributed by atoms with Crippen LogP contribution in [0.5, 0.6) is 0 Å². The van der Waals surface area contributed by atoms with Gasteiger partial charge >= 0.3 is 5.97 Å². The minimum Gasteiger partial charge on any atom is -0.452 e. The van der Waals surface area contributed by atoms with Crippen molar-refractivity contribution < 1.29 is 28.4 Å². The van der Waals surface area contributed by atoms with Crippen molar-refractivity contribution in [3.63, 3.8) is 0 Å². The fraction of sp³-hybridized carbons (Fsp3) is 0.111. The van der Waals surface area contributed by atoms with Crippen molar-refractivity contribution in [1.29, 1.82) is 0 Å². The maximum Gasteiger partial charge on any atom is 0.338 e. The van der Waals surface area contributed by atoms with Gasteiger partial charge in [-0.25, -0.2) is 9.69 Å². The molecule has 2 heterocycles. The molecule has 0 spiro atoms. The molecule has 1 N–H and O–H groups in total. The summed E-state index contributed by atoms with van der Waals surface area (Å²) in [4.78, 5) is 55.0. The molecule has 184 valence electrons.